The van der Waals surface area contributed by atoms with E-state index < -0.39 is 0 Å². The molecule has 2 aliphatic rings. The number of likely N-dealkylation sites (tertiary alicyclic amines) is 1. The summed E-state index contributed by atoms with van der Waals surface area (Å²) >= 11 is 0. The summed E-state index contributed by atoms with van der Waals surface area (Å²) in [7, 11) is 0. The molecule has 3 heterocycles. The first kappa shape index (κ1) is 17.3. The van der Waals surface area contributed by atoms with Gasteiger partial charge in [-0.3, -0.25) is 4.79 Å². The van der Waals surface area contributed by atoms with Gasteiger partial charge in [-0.1, -0.05) is 12.1 Å². The predicted molar refractivity (Wildman–Crippen MR) is 108 cm³/mol. The van der Waals surface area contributed by atoms with E-state index in [9.17, 15) is 4.79 Å². The second kappa shape index (κ2) is 6.97. The molecule has 1 saturated carbocycles. The maximum absolute atomic E-state index is 12.2. The third kappa shape index (κ3) is 3.37. The first-order chi connectivity index (χ1) is 13.7. The summed E-state index contributed by atoms with van der Waals surface area (Å²) in [6.45, 7) is 3.73. The summed E-state index contributed by atoms with van der Waals surface area (Å²) in [5.74, 6) is 1.57. The number of aryl methyl sites for hydroxylation is 1. The predicted octanol–water partition coefficient (Wildman–Crippen LogP) is 4.09. The minimum atomic E-state index is 0.193. The van der Waals surface area contributed by atoms with E-state index in [4.69, 9.17) is 4.74 Å². The normalized spacial score (nSPS) is 17.8. The molecular weight excluding hydrogens is 350 g/mol. The molecule has 2 aromatic heterocycles. The summed E-state index contributed by atoms with van der Waals surface area (Å²) in [5.41, 5.74) is 4.49. The Morgan fingerprint density at radius 1 is 1.07 bits per heavy atom. The molecule has 0 bridgehead atoms. The Morgan fingerprint density at radius 3 is 2.54 bits per heavy atom. The Kier molecular flexibility index (Phi) is 4.30. The molecule has 5 heteroatoms. The SMILES string of the molecule is Cc1cc(-c2ccc(OC3CCN(C(=O)C4CC4)CC3)cc2)cn2ccnc12. The van der Waals surface area contributed by atoms with Gasteiger partial charge in [-0.2, -0.15) is 0 Å². The lowest BCUT2D eigenvalue weighted by Gasteiger charge is -2.32. The highest BCUT2D eigenvalue weighted by atomic mass is 16.5. The van der Waals surface area contributed by atoms with Gasteiger partial charge in [0.15, 0.2) is 0 Å². The number of carbonyl (C=O) groups excluding carboxylic acids is 1. The average Bonchev–Trinajstić information content (AvgIpc) is 3.46. The molecule has 1 amide bonds. The van der Waals surface area contributed by atoms with Gasteiger partial charge in [-0.15, -0.1) is 0 Å². The number of imidazole rings is 1. The highest BCUT2D eigenvalue weighted by Gasteiger charge is 2.35. The van der Waals surface area contributed by atoms with Gasteiger partial charge in [0, 0.05) is 50.4 Å². The fourth-order valence-corrected chi connectivity index (χ4v) is 4.07. The van der Waals surface area contributed by atoms with Crippen LogP contribution in [-0.2, 0) is 4.79 Å². The highest BCUT2D eigenvalue weighted by Crippen LogP contribution is 2.32. The van der Waals surface area contributed by atoms with Crippen molar-refractivity contribution >= 4 is 11.6 Å². The molecule has 2 fully saturated rings. The summed E-state index contributed by atoms with van der Waals surface area (Å²) in [4.78, 5) is 18.6. The minimum Gasteiger partial charge on any atom is -0.490 e. The molecule has 1 aromatic carbocycles. The lowest BCUT2D eigenvalue weighted by Crippen LogP contribution is -2.42. The minimum absolute atomic E-state index is 0.193. The zero-order valence-electron chi connectivity index (χ0n) is 16.2. The Bertz CT molecular complexity index is 996. The van der Waals surface area contributed by atoms with Crippen molar-refractivity contribution in [3.63, 3.8) is 0 Å². The molecule has 0 N–H and O–H groups in total. The number of hydrogen-bond donors (Lipinski definition) is 0. The van der Waals surface area contributed by atoms with Crippen molar-refractivity contribution in [3.8, 4) is 16.9 Å². The first-order valence-electron chi connectivity index (χ1n) is 10.2. The molecule has 0 radical (unpaired) electrons. The number of carbonyl (C=O) groups is 1. The van der Waals surface area contributed by atoms with Crippen molar-refractivity contribution < 1.29 is 9.53 Å². The second-order valence-electron chi connectivity index (χ2n) is 8.01. The van der Waals surface area contributed by atoms with Gasteiger partial charge in [-0.25, -0.2) is 4.98 Å². The lowest BCUT2D eigenvalue weighted by atomic mass is 10.1. The molecule has 5 nitrogen and oxygen atoms in total. The molecule has 1 aliphatic heterocycles. The highest BCUT2D eigenvalue weighted by molar-refractivity contribution is 5.81. The van der Waals surface area contributed by atoms with E-state index in [2.05, 4.69) is 40.7 Å². The van der Waals surface area contributed by atoms with E-state index in [0.717, 1.165) is 61.3 Å². The van der Waals surface area contributed by atoms with E-state index in [1.54, 1.807) is 0 Å². The van der Waals surface area contributed by atoms with Crippen LogP contribution in [0.4, 0.5) is 0 Å². The van der Waals surface area contributed by atoms with E-state index in [0.29, 0.717) is 11.8 Å². The van der Waals surface area contributed by atoms with Gasteiger partial charge in [0.25, 0.3) is 0 Å². The molecule has 3 aromatic rings. The second-order valence-corrected chi connectivity index (χ2v) is 8.01. The van der Waals surface area contributed by atoms with Gasteiger partial charge >= 0.3 is 0 Å². The number of fused-ring (bicyclic) bond motifs is 1. The number of aromatic nitrogens is 2. The van der Waals surface area contributed by atoms with E-state index >= 15 is 0 Å². The number of rotatable bonds is 4. The Balaban J connectivity index is 1.23. The third-order valence-corrected chi connectivity index (χ3v) is 5.84. The van der Waals surface area contributed by atoms with Crippen molar-refractivity contribution in [2.24, 2.45) is 5.92 Å². The summed E-state index contributed by atoms with van der Waals surface area (Å²) in [5, 5.41) is 0. The van der Waals surface area contributed by atoms with Gasteiger partial charge < -0.3 is 14.0 Å². The smallest absolute Gasteiger partial charge is 0.225 e. The monoisotopic (exact) mass is 375 g/mol. The first-order valence-corrected chi connectivity index (χ1v) is 10.2. The quantitative estimate of drug-likeness (QED) is 0.690. The van der Waals surface area contributed by atoms with Crippen LogP contribution in [0.15, 0.2) is 48.9 Å². The fourth-order valence-electron chi connectivity index (χ4n) is 4.07. The van der Waals surface area contributed by atoms with Crippen molar-refractivity contribution in [2.75, 3.05) is 13.1 Å². The maximum atomic E-state index is 12.2. The number of piperidine rings is 1. The Morgan fingerprint density at radius 2 is 1.82 bits per heavy atom. The molecule has 1 saturated heterocycles. The lowest BCUT2D eigenvalue weighted by molar-refractivity contribution is -0.134. The Labute approximate surface area is 164 Å². The molecule has 144 valence electrons. The Hall–Kier alpha value is -2.82. The fraction of sp³-hybridized carbons (Fsp3) is 0.391. The largest absolute Gasteiger partial charge is 0.490 e. The number of nitrogens with zero attached hydrogens (tertiary/aromatic N) is 3. The maximum Gasteiger partial charge on any atom is 0.225 e. The van der Waals surface area contributed by atoms with Crippen molar-refractivity contribution in [1.82, 2.24) is 14.3 Å². The van der Waals surface area contributed by atoms with Crippen LogP contribution in [0.2, 0.25) is 0 Å². The molecule has 5 rings (SSSR count). The van der Waals surface area contributed by atoms with E-state index in [1.165, 1.54) is 5.56 Å². The summed E-state index contributed by atoms with van der Waals surface area (Å²) in [6.07, 6.45) is 10.1. The molecule has 1 aliphatic carbocycles. The van der Waals surface area contributed by atoms with Crippen LogP contribution in [0.5, 0.6) is 5.75 Å². The topological polar surface area (TPSA) is 46.8 Å². The van der Waals surface area contributed by atoms with Crippen LogP contribution in [0.1, 0.15) is 31.2 Å². The molecule has 0 unspecified atom stereocenters. The van der Waals surface area contributed by atoms with Gasteiger partial charge in [0.2, 0.25) is 5.91 Å². The number of benzene rings is 1. The summed E-state index contributed by atoms with van der Waals surface area (Å²) < 4.78 is 8.24. The molecule has 28 heavy (non-hydrogen) atoms. The molecular formula is C23H25N3O2. The van der Waals surface area contributed by atoms with E-state index in [-0.39, 0.29) is 6.10 Å². The van der Waals surface area contributed by atoms with Gasteiger partial charge in [0.1, 0.15) is 17.5 Å². The zero-order chi connectivity index (χ0) is 19.1. The number of amides is 1. The van der Waals surface area contributed by atoms with Crippen LogP contribution in [0, 0.1) is 12.8 Å². The molecule has 0 atom stereocenters. The summed E-state index contributed by atoms with van der Waals surface area (Å²) in [6, 6.07) is 10.5. The van der Waals surface area contributed by atoms with Crippen LogP contribution in [-0.4, -0.2) is 39.4 Å². The van der Waals surface area contributed by atoms with Crippen LogP contribution >= 0.6 is 0 Å². The zero-order valence-corrected chi connectivity index (χ0v) is 16.2. The van der Waals surface area contributed by atoms with Gasteiger partial charge in [0.05, 0.1) is 0 Å². The van der Waals surface area contributed by atoms with Crippen LogP contribution in [0.3, 0.4) is 0 Å². The average molecular weight is 375 g/mol. The number of pyridine rings is 1. The van der Waals surface area contributed by atoms with Crippen molar-refractivity contribution in [1.29, 1.82) is 0 Å². The number of ether oxygens (including phenoxy) is 1. The van der Waals surface area contributed by atoms with Crippen molar-refractivity contribution in [2.45, 2.75) is 38.7 Å². The van der Waals surface area contributed by atoms with Crippen molar-refractivity contribution in [3.05, 3.63) is 54.5 Å². The van der Waals surface area contributed by atoms with Crippen LogP contribution < -0.4 is 4.74 Å². The van der Waals surface area contributed by atoms with Gasteiger partial charge in [-0.05, 0) is 54.7 Å². The number of hydrogen-bond acceptors (Lipinski definition) is 3. The van der Waals surface area contributed by atoms with E-state index in [1.807, 2.05) is 29.4 Å². The van der Waals surface area contributed by atoms with Crippen LogP contribution in [0.25, 0.3) is 16.8 Å². The standard InChI is InChI=1S/C23H25N3O2/c1-16-14-19(15-26-13-10-24-22(16)26)17-4-6-20(7-5-17)28-21-8-11-25(12-9-21)23(27)18-2-3-18/h4-7,10,13-15,18,21H,2-3,8-9,11-12H2,1H3. The molecule has 0 spiro atoms. The third-order valence-electron chi connectivity index (χ3n) is 5.84.